The topological polar surface area (TPSA) is 67.0 Å². The molecule has 0 saturated carbocycles. The lowest BCUT2D eigenvalue weighted by molar-refractivity contribution is -0.137. The summed E-state index contributed by atoms with van der Waals surface area (Å²) in [5.41, 5.74) is 0.477. The Hall–Kier alpha value is -2.39. The molecule has 2 N–H and O–H groups in total. The van der Waals surface area contributed by atoms with Gasteiger partial charge in [0.2, 0.25) is 5.91 Å². The van der Waals surface area contributed by atoms with Crippen LogP contribution in [0, 0.1) is 0 Å². The van der Waals surface area contributed by atoms with Crippen LogP contribution in [-0.4, -0.2) is 28.7 Å². The fraction of sp³-hybridized carbons (Fsp3) is 0.176. The first-order valence-electron chi connectivity index (χ1n) is 7.59. The van der Waals surface area contributed by atoms with E-state index in [-0.39, 0.29) is 16.5 Å². The van der Waals surface area contributed by atoms with E-state index in [2.05, 4.69) is 15.3 Å². The molecule has 0 saturated heterocycles. The van der Waals surface area contributed by atoms with Crippen molar-refractivity contribution < 1.29 is 22.7 Å². The Labute approximate surface area is 161 Å². The Kier molecular flexibility index (Phi) is 5.52. The van der Waals surface area contributed by atoms with Gasteiger partial charge in [-0.25, -0.2) is 4.98 Å². The highest BCUT2D eigenvalue weighted by atomic mass is 35.5. The van der Waals surface area contributed by atoms with Gasteiger partial charge < -0.3 is 15.0 Å². The Morgan fingerprint density at radius 2 is 2.07 bits per heavy atom. The number of nitrogens with one attached hydrogen (secondary N) is 2. The molecule has 0 atom stereocenters. The molecule has 3 rings (SSSR count). The van der Waals surface area contributed by atoms with Crippen LogP contribution in [0.2, 0.25) is 5.02 Å². The molecule has 0 aliphatic heterocycles. The van der Waals surface area contributed by atoms with Crippen molar-refractivity contribution in [3.8, 4) is 5.75 Å². The van der Waals surface area contributed by atoms with Crippen LogP contribution in [0.3, 0.4) is 0 Å². The predicted octanol–water partition coefficient (Wildman–Crippen LogP) is 4.97. The summed E-state index contributed by atoms with van der Waals surface area (Å²) in [5, 5.41) is 2.92. The molecular formula is C17H13ClF3N3O2S. The van der Waals surface area contributed by atoms with Crippen molar-refractivity contribution in [1.82, 2.24) is 9.97 Å². The maximum atomic E-state index is 12.8. The fourth-order valence-corrected chi connectivity index (χ4v) is 3.13. The number of carbonyl (C=O) groups is 1. The van der Waals surface area contributed by atoms with Crippen molar-refractivity contribution in [3.05, 3.63) is 47.0 Å². The Balaban J connectivity index is 1.66. The molecule has 0 aliphatic rings. The Morgan fingerprint density at radius 3 is 2.78 bits per heavy atom. The zero-order valence-electron chi connectivity index (χ0n) is 13.9. The van der Waals surface area contributed by atoms with Gasteiger partial charge in [0, 0.05) is 6.07 Å². The summed E-state index contributed by atoms with van der Waals surface area (Å²) >= 11 is 6.99. The SMILES string of the molecule is COc1ccc2nc(SCC(=O)Nc3cc(C(F)(F)F)ccc3Cl)[nH]c2c1. The van der Waals surface area contributed by atoms with E-state index < -0.39 is 17.6 Å². The molecule has 0 unspecified atom stereocenters. The first kappa shape index (κ1) is 19.4. The number of anilines is 1. The molecule has 0 aliphatic carbocycles. The minimum Gasteiger partial charge on any atom is -0.497 e. The Morgan fingerprint density at radius 1 is 1.30 bits per heavy atom. The number of carbonyl (C=O) groups excluding carboxylic acids is 1. The van der Waals surface area contributed by atoms with Gasteiger partial charge in [0.1, 0.15) is 5.75 Å². The molecule has 3 aromatic rings. The van der Waals surface area contributed by atoms with Crippen molar-refractivity contribution in [2.45, 2.75) is 11.3 Å². The lowest BCUT2D eigenvalue weighted by Crippen LogP contribution is -2.15. The van der Waals surface area contributed by atoms with Gasteiger partial charge in [-0.15, -0.1) is 0 Å². The number of aromatic nitrogens is 2. The van der Waals surface area contributed by atoms with Gasteiger partial charge >= 0.3 is 6.18 Å². The Bertz CT molecular complexity index is 991. The number of benzene rings is 2. The zero-order chi connectivity index (χ0) is 19.6. The predicted molar refractivity (Wildman–Crippen MR) is 98.5 cm³/mol. The van der Waals surface area contributed by atoms with Gasteiger partial charge in [-0.1, -0.05) is 23.4 Å². The molecule has 2 aromatic carbocycles. The van der Waals surface area contributed by atoms with E-state index in [4.69, 9.17) is 16.3 Å². The highest BCUT2D eigenvalue weighted by Gasteiger charge is 2.31. The molecule has 0 radical (unpaired) electrons. The first-order valence-corrected chi connectivity index (χ1v) is 8.96. The third kappa shape index (κ3) is 4.67. The second kappa shape index (κ2) is 7.69. The number of fused-ring (bicyclic) bond motifs is 1. The van der Waals surface area contributed by atoms with E-state index in [0.29, 0.717) is 16.4 Å². The van der Waals surface area contributed by atoms with Gasteiger partial charge in [0.15, 0.2) is 5.16 Å². The van der Waals surface area contributed by atoms with Gasteiger partial charge in [0.05, 0.1) is 40.2 Å². The largest absolute Gasteiger partial charge is 0.497 e. The summed E-state index contributed by atoms with van der Waals surface area (Å²) in [7, 11) is 1.55. The van der Waals surface area contributed by atoms with Crippen molar-refractivity contribution in [1.29, 1.82) is 0 Å². The zero-order valence-corrected chi connectivity index (χ0v) is 15.4. The monoisotopic (exact) mass is 415 g/mol. The second-order valence-corrected chi connectivity index (χ2v) is 6.83. The van der Waals surface area contributed by atoms with Crippen LogP contribution in [0.4, 0.5) is 18.9 Å². The molecular weight excluding hydrogens is 403 g/mol. The summed E-state index contributed by atoms with van der Waals surface area (Å²) in [5.74, 6) is 0.114. The number of imidazole rings is 1. The van der Waals surface area contributed by atoms with Crippen molar-refractivity contribution in [2.24, 2.45) is 0 Å². The number of nitrogens with zero attached hydrogens (tertiary/aromatic N) is 1. The molecule has 10 heteroatoms. The quantitative estimate of drug-likeness (QED) is 0.577. The average Bonchev–Trinajstić information content (AvgIpc) is 3.02. The third-order valence-corrected chi connectivity index (χ3v) is 4.78. The molecule has 142 valence electrons. The molecule has 27 heavy (non-hydrogen) atoms. The number of H-pyrrole nitrogens is 1. The smallest absolute Gasteiger partial charge is 0.416 e. The highest BCUT2D eigenvalue weighted by Crippen LogP contribution is 2.34. The van der Waals surface area contributed by atoms with Gasteiger partial charge in [-0.05, 0) is 30.3 Å². The molecule has 1 aromatic heterocycles. The lowest BCUT2D eigenvalue weighted by Gasteiger charge is -2.11. The molecule has 0 spiro atoms. The molecule has 1 heterocycles. The number of amides is 1. The van der Waals surface area contributed by atoms with Crippen LogP contribution in [0.15, 0.2) is 41.6 Å². The number of hydrogen-bond acceptors (Lipinski definition) is 4. The number of aromatic amines is 1. The van der Waals surface area contributed by atoms with Crippen molar-refractivity contribution in [3.63, 3.8) is 0 Å². The highest BCUT2D eigenvalue weighted by molar-refractivity contribution is 7.99. The molecule has 0 fully saturated rings. The normalized spacial score (nSPS) is 11.6. The average molecular weight is 416 g/mol. The first-order chi connectivity index (χ1) is 12.8. The number of methoxy groups -OCH3 is 1. The minimum absolute atomic E-state index is 0.0252. The van der Waals surface area contributed by atoms with E-state index in [1.807, 2.05) is 0 Å². The molecule has 1 amide bonds. The van der Waals surface area contributed by atoms with Crippen LogP contribution in [0.25, 0.3) is 11.0 Å². The van der Waals surface area contributed by atoms with E-state index in [1.165, 1.54) is 0 Å². The van der Waals surface area contributed by atoms with Crippen LogP contribution in [0.5, 0.6) is 5.75 Å². The summed E-state index contributed by atoms with van der Waals surface area (Å²) in [4.78, 5) is 19.5. The molecule has 0 bridgehead atoms. The van der Waals surface area contributed by atoms with Crippen LogP contribution < -0.4 is 10.1 Å². The number of ether oxygens (including phenoxy) is 1. The fourth-order valence-electron chi connectivity index (χ4n) is 2.28. The van der Waals surface area contributed by atoms with E-state index >= 15 is 0 Å². The van der Waals surface area contributed by atoms with Crippen molar-refractivity contribution in [2.75, 3.05) is 18.2 Å². The lowest BCUT2D eigenvalue weighted by atomic mass is 10.2. The van der Waals surface area contributed by atoms with E-state index in [0.717, 1.165) is 35.5 Å². The third-order valence-electron chi connectivity index (χ3n) is 3.58. The maximum Gasteiger partial charge on any atom is 0.416 e. The number of halogens is 4. The van der Waals surface area contributed by atoms with Gasteiger partial charge in [-0.3, -0.25) is 4.79 Å². The minimum atomic E-state index is -4.52. The van der Waals surface area contributed by atoms with E-state index in [1.54, 1.807) is 25.3 Å². The number of alkyl halides is 3. The number of rotatable bonds is 5. The van der Waals surface area contributed by atoms with Gasteiger partial charge in [-0.2, -0.15) is 13.2 Å². The standard InChI is InChI=1S/C17H13ClF3N3O2S/c1-26-10-3-5-12-14(7-10)24-16(23-12)27-8-15(25)22-13-6-9(17(19,20)21)2-4-11(13)18/h2-7H,8H2,1H3,(H,22,25)(H,23,24). The summed E-state index contributed by atoms with van der Waals surface area (Å²) in [6.45, 7) is 0. The van der Waals surface area contributed by atoms with Crippen LogP contribution in [-0.2, 0) is 11.0 Å². The van der Waals surface area contributed by atoms with Crippen LogP contribution >= 0.6 is 23.4 Å². The number of thioether (sulfide) groups is 1. The van der Waals surface area contributed by atoms with Gasteiger partial charge in [0.25, 0.3) is 0 Å². The maximum absolute atomic E-state index is 12.8. The van der Waals surface area contributed by atoms with E-state index in [9.17, 15) is 18.0 Å². The summed E-state index contributed by atoms with van der Waals surface area (Å²) < 4.78 is 43.5. The van der Waals surface area contributed by atoms with Crippen LogP contribution in [0.1, 0.15) is 5.56 Å². The number of hydrogen-bond donors (Lipinski definition) is 2. The summed E-state index contributed by atoms with van der Waals surface area (Å²) in [6, 6.07) is 8.07. The molecule has 5 nitrogen and oxygen atoms in total. The second-order valence-electron chi connectivity index (χ2n) is 5.45. The summed E-state index contributed by atoms with van der Waals surface area (Å²) in [6.07, 6.45) is -4.52. The van der Waals surface area contributed by atoms with Crippen molar-refractivity contribution >= 4 is 46.0 Å².